The maximum Gasteiger partial charge on any atom is 0.224 e. The lowest BCUT2D eigenvalue weighted by molar-refractivity contribution is 0.575. The zero-order valence-electron chi connectivity index (χ0n) is 38.3. The minimum atomic E-state index is -1.15. The predicted octanol–water partition coefficient (Wildman–Crippen LogP) is 13.7. The van der Waals surface area contributed by atoms with Crippen molar-refractivity contribution in [2.45, 2.75) is 6.29 Å². The van der Waals surface area contributed by atoms with Crippen LogP contribution in [-0.4, -0.2) is 16.2 Å². The Hall–Kier alpha value is -8.02. The topological polar surface area (TPSA) is 44.9 Å². The van der Waals surface area contributed by atoms with Gasteiger partial charge in [-0.1, -0.05) is 176 Å². The van der Waals surface area contributed by atoms with E-state index in [0.717, 1.165) is 33.0 Å². The number of para-hydroxylation sites is 1. The van der Waals surface area contributed by atoms with Gasteiger partial charge in [0.2, 0.25) is 6.29 Å². The fraction of sp³-hybridized carbons (Fsp3) is 0.0182. The summed E-state index contributed by atoms with van der Waals surface area (Å²) in [6.45, 7) is 0. The highest BCUT2D eigenvalue weighted by molar-refractivity contribution is 6.16. The molecule has 0 fully saturated rings. The van der Waals surface area contributed by atoms with Crippen molar-refractivity contribution >= 4 is 61.3 Å². The molecule has 5 heteroatoms. The van der Waals surface area contributed by atoms with Gasteiger partial charge in [0, 0.05) is 39.0 Å². The molecule has 0 unspecified atom stereocenters. The Morgan fingerprint density at radius 3 is 1.57 bits per heavy atom. The van der Waals surface area contributed by atoms with Gasteiger partial charge in [0.1, 0.15) is 11.7 Å². The van der Waals surface area contributed by atoms with Gasteiger partial charge in [0.25, 0.3) is 0 Å². The lowest BCUT2D eigenvalue weighted by Crippen LogP contribution is -2.36. The SMILES string of the molecule is [2H]c1c(-c2ccccc2)c([2H])c2c(c1[2H])c1c([2H])c([2H])c(N(c3ccccc3)c3ccc(-c4ccc5ccccc5c4)cc3)c([2H])c1n2C1N=C(c2ccccc2)NC(c2ccccc2)=N1. The summed E-state index contributed by atoms with van der Waals surface area (Å²) in [5, 5.41) is 5.94. The third kappa shape index (κ3) is 6.48. The Morgan fingerprint density at radius 1 is 0.417 bits per heavy atom. The summed E-state index contributed by atoms with van der Waals surface area (Å²) in [6, 6.07) is 59.3. The highest BCUT2D eigenvalue weighted by Gasteiger charge is 2.25. The van der Waals surface area contributed by atoms with Crippen molar-refractivity contribution in [3.8, 4) is 22.3 Å². The average molecular weight is 776 g/mol. The van der Waals surface area contributed by atoms with Gasteiger partial charge in [-0.3, -0.25) is 4.57 Å². The van der Waals surface area contributed by atoms with E-state index in [1.54, 1.807) is 16.7 Å². The van der Waals surface area contributed by atoms with Crippen LogP contribution < -0.4 is 10.2 Å². The molecule has 0 aliphatic carbocycles. The van der Waals surface area contributed by atoms with E-state index in [1.165, 1.54) is 0 Å². The highest BCUT2D eigenvalue weighted by Crippen LogP contribution is 2.42. The number of hydrogen-bond acceptors (Lipinski definition) is 4. The molecule has 9 aromatic carbocycles. The average Bonchev–Trinajstić information content (AvgIpc) is 3.75. The first-order valence-electron chi connectivity index (χ1n) is 22.9. The molecule has 1 N–H and O–H groups in total. The van der Waals surface area contributed by atoms with Crippen LogP contribution in [0.5, 0.6) is 0 Å². The maximum atomic E-state index is 10.3. The van der Waals surface area contributed by atoms with Crippen LogP contribution in [0.2, 0.25) is 0 Å². The molecule has 0 radical (unpaired) electrons. The third-order valence-electron chi connectivity index (χ3n) is 10.9. The van der Waals surface area contributed by atoms with Gasteiger partial charge < -0.3 is 10.2 Å². The Morgan fingerprint density at radius 2 is 0.917 bits per heavy atom. The third-order valence-corrected chi connectivity index (χ3v) is 10.9. The standard InChI is InChI=1S/C55H39N5/c1-5-15-38(16-6-1)45-29-33-49-50-34-32-48(59(46-23-11-4-12-24-46)47-30-27-40(28-31-47)44-26-25-39-17-13-14-22-43(39)35-44)37-52(50)60(51(49)36-45)55-57-53(41-18-7-2-8-19-41)56-54(58-55)42-20-9-3-10-21-42/h1-37,55H,(H,56,57,58)/i29D,32D,33D,34D,36D,37D. The molecule has 11 rings (SSSR count). The fourth-order valence-corrected chi connectivity index (χ4v) is 7.90. The normalized spacial score (nSPS) is 14.3. The van der Waals surface area contributed by atoms with Crippen molar-refractivity contribution in [2.24, 2.45) is 9.98 Å². The lowest BCUT2D eigenvalue weighted by atomic mass is 10.0. The van der Waals surface area contributed by atoms with E-state index >= 15 is 0 Å². The van der Waals surface area contributed by atoms with E-state index in [9.17, 15) is 8.22 Å². The fourth-order valence-electron chi connectivity index (χ4n) is 7.90. The Balaban J connectivity index is 1.21. The zero-order chi connectivity index (χ0) is 45.1. The molecule has 1 aliphatic heterocycles. The number of anilines is 3. The maximum absolute atomic E-state index is 10.3. The number of hydrogen-bond donors (Lipinski definition) is 1. The Kier molecular flexibility index (Phi) is 7.33. The summed E-state index contributed by atoms with van der Waals surface area (Å²) in [5.74, 6) is 0.990. The molecule has 60 heavy (non-hydrogen) atoms. The largest absolute Gasteiger partial charge is 0.324 e. The summed E-state index contributed by atoms with van der Waals surface area (Å²) in [7, 11) is 0. The van der Waals surface area contributed by atoms with Crippen LogP contribution in [0.3, 0.4) is 0 Å². The molecule has 5 nitrogen and oxygen atoms in total. The molecular formula is C55H39N5. The van der Waals surface area contributed by atoms with E-state index < -0.39 is 6.29 Å². The molecule has 0 saturated carbocycles. The van der Waals surface area contributed by atoms with E-state index in [-0.39, 0.29) is 69.3 Å². The van der Waals surface area contributed by atoms with Crippen LogP contribution in [0.25, 0.3) is 54.8 Å². The van der Waals surface area contributed by atoms with Crippen LogP contribution >= 0.6 is 0 Å². The van der Waals surface area contributed by atoms with Crippen molar-refractivity contribution in [3.05, 3.63) is 235 Å². The first kappa shape index (κ1) is 29.2. The van der Waals surface area contributed by atoms with Gasteiger partial charge in [-0.05, 0) is 81.5 Å². The van der Waals surface area contributed by atoms with Crippen LogP contribution in [-0.2, 0) is 0 Å². The number of fused-ring (bicyclic) bond motifs is 4. The first-order chi connectivity index (χ1) is 32.3. The van der Waals surface area contributed by atoms with Gasteiger partial charge in [-0.25, -0.2) is 9.98 Å². The summed E-state index contributed by atoms with van der Waals surface area (Å²) in [4.78, 5) is 12.2. The smallest absolute Gasteiger partial charge is 0.224 e. The number of nitrogens with zero attached hydrogens (tertiary/aromatic N) is 4. The highest BCUT2D eigenvalue weighted by atomic mass is 15.3. The number of nitrogens with one attached hydrogen (secondary N) is 1. The number of aliphatic imine (C=N–C) groups is 2. The van der Waals surface area contributed by atoms with Crippen molar-refractivity contribution in [3.63, 3.8) is 0 Å². The minimum Gasteiger partial charge on any atom is -0.324 e. The molecule has 1 aromatic heterocycles. The van der Waals surface area contributed by atoms with Crippen molar-refractivity contribution < 1.29 is 8.22 Å². The lowest BCUT2D eigenvalue weighted by Gasteiger charge is -2.27. The number of rotatable bonds is 8. The predicted molar refractivity (Wildman–Crippen MR) is 251 cm³/mol. The first-order valence-corrected chi connectivity index (χ1v) is 19.9. The van der Waals surface area contributed by atoms with Gasteiger partial charge in [-0.2, -0.15) is 0 Å². The van der Waals surface area contributed by atoms with Gasteiger partial charge >= 0.3 is 0 Å². The molecular weight excluding hydrogens is 731 g/mol. The van der Waals surface area contributed by atoms with Crippen LogP contribution in [0.15, 0.2) is 234 Å². The number of aromatic nitrogens is 1. The molecule has 284 valence electrons. The summed E-state index contributed by atoms with van der Waals surface area (Å²) >= 11 is 0. The van der Waals surface area contributed by atoms with Crippen LogP contribution in [0, 0.1) is 0 Å². The Labute approximate surface area is 357 Å². The van der Waals surface area contributed by atoms with Gasteiger partial charge in [0.15, 0.2) is 0 Å². The van der Waals surface area contributed by atoms with E-state index in [4.69, 9.17) is 9.98 Å². The quantitative estimate of drug-likeness (QED) is 0.167. The van der Waals surface area contributed by atoms with E-state index in [0.29, 0.717) is 28.6 Å². The van der Waals surface area contributed by atoms with Gasteiger partial charge in [-0.15, -0.1) is 0 Å². The molecule has 10 aromatic rings. The Bertz CT molecular complexity index is 3510. The van der Waals surface area contributed by atoms with Crippen LogP contribution in [0.4, 0.5) is 17.1 Å². The second-order valence-corrected chi connectivity index (χ2v) is 14.6. The van der Waals surface area contributed by atoms with Crippen molar-refractivity contribution in [1.29, 1.82) is 0 Å². The molecule has 0 atom stereocenters. The van der Waals surface area contributed by atoms with Gasteiger partial charge in [0.05, 0.1) is 19.3 Å². The molecule has 0 bridgehead atoms. The monoisotopic (exact) mass is 775 g/mol. The molecule has 0 spiro atoms. The number of amidine groups is 2. The van der Waals surface area contributed by atoms with Crippen LogP contribution in [0.1, 0.15) is 25.6 Å². The minimum absolute atomic E-state index is 0.0732. The number of benzene rings is 9. The molecule has 1 aliphatic rings. The van der Waals surface area contributed by atoms with Crippen molar-refractivity contribution in [1.82, 2.24) is 9.88 Å². The summed E-state index contributed by atoms with van der Waals surface area (Å²) < 4.78 is 60.6. The molecule has 0 amide bonds. The zero-order valence-corrected chi connectivity index (χ0v) is 32.3. The second-order valence-electron chi connectivity index (χ2n) is 14.6. The summed E-state index contributed by atoms with van der Waals surface area (Å²) in [5.41, 5.74) is 6.20. The van der Waals surface area contributed by atoms with E-state index in [1.807, 2.05) is 150 Å². The second kappa shape index (κ2) is 15.1. The molecule has 2 heterocycles. The van der Waals surface area contributed by atoms with Crippen molar-refractivity contribution in [2.75, 3.05) is 4.90 Å². The van der Waals surface area contributed by atoms with E-state index in [2.05, 4.69) is 35.6 Å². The molecule has 0 saturated heterocycles. The summed E-state index contributed by atoms with van der Waals surface area (Å²) in [6.07, 6.45) is -1.15.